The summed E-state index contributed by atoms with van der Waals surface area (Å²) in [6.07, 6.45) is -2.80. The SMILES string of the molecule is N#CCc1nc(C(F)F)c(CCl)cc1N. The molecule has 0 atom stereocenters. The van der Waals surface area contributed by atoms with Crippen LogP contribution in [0.25, 0.3) is 0 Å². The van der Waals surface area contributed by atoms with Gasteiger partial charge < -0.3 is 5.73 Å². The number of hydrogen-bond donors (Lipinski definition) is 1. The molecule has 1 aromatic rings. The molecular weight excluding hydrogens is 224 g/mol. The Balaban J connectivity index is 3.25. The fourth-order valence-corrected chi connectivity index (χ4v) is 1.35. The third-order valence-electron chi connectivity index (χ3n) is 1.84. The van der Waals surface area contributed by atoms with Gasteiger partial charge in [-0.25, -0.2) is 13.8 Å². The summed E-state index contributed by atoms with van der Waals surface area (Å²) in [5.41, 5.74) is 5.72. The zero-order chi connectivity index (χ0) is 11.4. The highest BCUT2D eigenvalue weighted by Crippen LogP contribution is 2.25. The first kappa shape index (κ1) is 11.7. The summed E-state index contributed by atoms with van der Waals surface area (Å²) in [7, 11) is 0. The molecule has 0 aliphatic heterocycles. The van der Waals surface area contributed by atoms with E-state index in [0.29, 0.717) is 0 Å². The van der Waals surface area contributed by atoms with Crippen molar-refractivity contribution in [1.82, 2.24) is 4.98 Å². The van der Waals surface area contributed by atoms with Gasteiger partial charge in [-0.15, -0.1) is 11.6 Å². The van der Waals surface area contributed by atoms with E-state index in [1.807, 2.05) is 6.07 Å². The first-order valence-electron chi connectivity index (χ1n) is 4.09. The average Bonchev–Trinajstić information content (AvgIpc) is 2.20. The number of rotatable bonds is 3. The smallest absolute Gasteiger partial charge is 0.280 e. The van der Waals surface area contributed by atoms with Crippen LogP contribution in [-0.2, 0) is 12.3 Å². The van der Waals surface area contributed by atoms with Gasteiger partial charge in [0.25, 0.3) is 6.43 Å². The summed E-state index contributed by atoms with van der Waals surface area (Å²) in [5, 5.41) is 8.44. The molecule has 2 N–H and O–H groups in total. The van der Waals surface area contributed by atoms with Crippen molar-refractivity contribution in [3.8, 4) is 6.07 Å². The highest BCUT2D eigenvalue weighted by molar-refractivity contribution is 6.17. The number of nitrogens with two attached hydrogens (primary N) is 1. The highest BCUT2D eigenvalue weighted by Gasteiger charge is 2.17. The zero-order valence-electron chi connectivity index (χ0n) is 7.67. The van der Waals surface area contributed by atoms with Crippen molar-refractivity contribution in [1.29, 1.82) is 5.26 Å². The van der Waals surface area contributed by atoms with E-state index < -0.39 is 12.1 Å². The quantitative estimate of drug-likeness (QED) is 0.813. The molecule has 0 radical (unpaired) electrons. The lowest BCUT2D eigenvalue weighted by Crippen LogP contribution is -2.05. The Bertz CT molecular complexity index is 401. The summed E-state index contributed by atoms with van der Waals surface area (Å²) in [5.74, 6) is -0.0797. The van der Waals surface area contributed by atoms with Crippen molar-refractivity contribution in [3.63, 3.8) is 0 Å². The Morgan fingerprint density at radius 1 is 1.60 bits per heavy atom. The van der Waals surface area contributed by atoms with Crippen molar-refractivity contribution < 1.29 is 8.78 Å². The molecule has 80 valence electrons. The third kappa shape index (κ3) is 2.54. The molecule has 1 aromatic heterocycles. The second kappa shape index (κ2) is 4.89. The van der Waals surface area contributed by atoms with Crippen LogP contribution in [0.5, 0.6) is 0 Å². The molecule has 0 saturated carbocycles. The fourth-order valence-electron chi connectivity index (χ4n) is 1.14. The first-order valence-corrected chi connectivity index (χ1v) is 4.62. The van der Waals surface area contributed by atoms with Gasteiger partial charge in [0.05, 0.1) is 23.9 Å². The number of alkyl halides is 3. The minimum Gasteiger partial charge on any atom is -0.397 e. The van der Waals surface area contributed by atoms with Gasteiger partial charge in [0.1, 0.15) is 5.69 Å². The number of halogens is 3. The predicted molar refractivity (Wildman–Crippen MR) is 52.5 cm³/mol. The first-order chi connectivity index (χ1) is 7.10. The fraction of sp³-hybridized carbons (Fsp3) is 0.333. The Hall–Kier alpha value is -1.41. The summed E-state index contributed by atoms with van der Waals surface area (Å²) in [4.78, 5) is 3.65. The van der Waals surface area contributed by atoms with Crippen molar-refractivity contribution in [2.75, 3.05) is 5.73 Å². The summed E-state index contributed by atoms with van der Waals surface area (Å²) >= 11 is 5.48. The number of nitriles is 1. The molecule has 0 aliphatic carbocycles. The summed E-state index contributed by atoms with van der Waals surface area (Å²) < 4.78 is 25.0. The lowest BCUT2D eigenvalue weighted by atomic mass is 10.1. The molecule has 0 amide bonds. The Labute approximate surface area is 90.5 Å². The van der Waals surface area contributed by atoms with Crippen LogP contribution >= 0.6 is 11.6 Å². The minimum atomic E-state index is -2.71. The van der Waals surface area contributed by atoms with E-state index in [1.165, 1.54) is 6.07 Å². The Morgan fingerprint density at radius 3 is 2.73 bits per heavy atom. The molecule has 1 heterocycles. The van der Waals surface area contributed by atoms with Crippen molar-refractivity contribution >= 4 is 17.3 Å². The molecule has 15 heavy (non-hydrogen) atoms. The third-order valence-corrected chi connectivity index (χ3v) is 2.13. The molecule has 6 heteroatoms. The number of aromatic nitrogens is 1. The Morgan fingerprint density at radius 2 is 2.27 bits per heavy atom. The lowest BCUT2D eigenvalue weighted by Gasteiger charge is -2.09. The van der Waals surface area contributed by atoms with Crippen LogP contribution in [0.15, 0.2) is 6.07 Å². The Kier molecular flexibility index (Phi) is 3.81. The van der Waals surface area contributed by atoms with Gasteiger partial charge in [-0.3, -0.25) is 0 Å². The predicted octanol–water partition coefficient (Wildman–Crippen LogP) is 2.41. The summed E-state index contributed by atoms with van der Waals surface area (Å²) in [6, 6.07) is 3.15. The standard InChI is InChI=1S/C9H8ClF2N3/c10-4-5-3-6(14)7(1-2-13)15-8(5)9(11)12/h3,9H,1,4,14H2. The summed E-state index contributed by atoms with van der Waals surface area (Å²) in [6.45, 7) is 0. The van der Waals surface area contributed by atoms with E-state index in [1.54, 1.807) is 0 Å². The van der Waals surface area contributed by atoms with Crippen molar-refractivity contribution in [2.45, 2.75) is 18.7 Å². The lowest BCUT2D eigenvalue weighted by molar-refractivity contribution is 0.145. The van der Waals surface area contributed by atoms with Gasteiger partial charge in [-0.1, -0.05) is 0 Å². The van der Waals surface area contributed by atoms with Crippen molar-refractivity contribution in [2.24, 2.45) is 0 Å². The van der Waals surface area contributed by atoms with E-state index >= 15 is 0 Å². The van der Waals surface area contributed by atoms with Crippen LogP contribution in [0, 0.1) is 11.3 Å². The number of pyridine rings is 1. The minimum absolute atomic E-state index is 0.0797. The molecule has 0 spiro atoms. The van der Waals surface area contributed by atoms with Crippen LogP contribution in [-0.4, -0.2) is 4.98 Å². The molecule has 0 fully saturated rings. The molecule has 0 aliphatic rings. The van der Waals surface area contributed by atoms with Crippen LogP contribution in [0.1, 0.15) is 23.4 Å². The maximum absolute atomic E-state index is 12.5. The molecule has 0 bridgehead atoms. The van der Waals surface area contributed by atoms with Gasteiger partial charge in [-0.05, 0) is 11.6 Å². The van der Waals surface area contributed by atoms with Crippen LogP contribution < -0.4 is 5.73 Å². The van der Waals surface area contributed by atoms with E-state index in [4.69, 9.17) is 22.6 Å². The van der Waals surface area contributed by atoms with Crippen LogP contribution in [0.3, 0.4) is 0 Å². The monoisotopic (exact) mass is 231 g/mol. The van der Waals surface area contributed by atoms with Gasteiger partial charge in [-0.2, -0.15) is 5.26 Å². The van der Waals surface area contributed by atoms with Crippen LogP contribution in [0.4, 0.5) is 14.5 Å². The molecular formula is C9H8ClF2N3. The van der Waals surface area contributed by atoms with Crippen LogP contribution in [0.2, 0.25) is 0 Å². The van der Waals surface area contributed by atoms with E-state index in [9.17, 15) is 8.78 Å². The van der Waals surface area contributed by atoms with E-state index in [2.05, 4.69) is 4.98 Å². The number of anilines is 1. The second-order valence-corrected chi connectivity index (χ2v) is 3.11. The van der Waals surface area contributed by atoms with Gasteiger partial charge in [0.2, 0.25) is 0 Å². The molecule has 0 unspecified atom stereocenters. The largest absolute Gasteiger partial charge is 0.397 e. The van der Waals surface area contributed by atoms with E-state index in [0.717, 1.165) is 0 Å². The maximum Gasteiger partial charge on any atom is 0.280 e. The normalized spacial score (nSPS) is 10.3. The maximum atomic E-state index is 12.5. The highest BCUT2D eigenvalue weighted by atomic mass is 35.5. The molecule has 3 nitrogen and oxygen atoms in total. The average molecular weight is 232 g/mol. The molecule has 1 rings (SSSR count). The van der Waals surface area contributed by atoms with E-state index in [-0.39, 0.29) is 29.2 Å². The topological polar surface area (TPSA) is 62.7 Å². The van der Waals surface area contributed by atoms with Crippen molar-refractivity contribution in [3.05, 3.63) is 23.0 Å². The number of nitrogen functional groups attached to an aromatic ring is 1. The second-order valence-electron chi connectivity index (χ2n) is 2.84. The molecule has 0 saturated heterocycles. The van der Waals surface area contributed by atoms with Gasteiger partial charge in [0, 0.05) is 5.88 Å². The number of nitrogens with zero attached hydrogens (tertiary/aromatic N) is 2. The van der Waals surface area contributed by atoms with Gasteiger partial charge >= 0.3 is 0 Å². The molecule has 0 aromatic carbocycles. The zero-order valence-corrected chi connectivity index (χ0v) is 8.43. The van der Waals surface area contributed by atoms with Gasteiger partial charge in [0.15, 0.2) is 0 Å². The number of hydrogen-bond acceptors (Lipinski definition) is 3.